The number of likely N-dealkylation sites (N-methyl/N-ethyl adjacent to an activating group) is 1. The van der Waals surface area contributed by atoms with E-state index < -0.39 is 6.10 Å². The molecule has 0 spiro atoms. The highest BCUT2D eigenvalue weighted by Crippen LogP contribution is 2.10. The van der Waals surface area contributed by atoms with Gasteiger partial charge in [-0.15, -0.1) is 0 Å². The van der Waals surface area contributed by atoms with Gasteiger partial charge in [-0.1, -0.05) is 0 Å². The molecule has 98 valence electrons. The van der Waals surface area contributed by atoms with E-state index in [1.54, 1.807) is 24.3 Å². The Balaban J connectivity index is 1.84. The summed E-state index contributed by atoms with van der Waals surface area (Å²) in [4.78, 5) is 17.6. The van der Waals surface area contributed by atoms with Gasteiger partial charge in [0.2, 0.25) is 5.91 Å². The molecule has 5 nitrogen and oxygen atoms in total. The summed E-state index contributed by atoms with van der Waals surface area (Å²) < 4.78 is 0. The topological polar surface area (TPSA) is 65.5 Å². The third-order valence-corrected chi connectivity index (χ3v) is 3.42. The van der Waals surface area contributed by atoms with E-state index in [4.69, 9.17) is 0 Å². The van der Waals surface area contributed by atoms with E-state index in [-0.39, 0.29) is 11.9 Å². The number of nitrogens with zero attached hydrogens (tertiary/aromatic N) is 2. The number of amides is 1. The molecule has 1 aliphatic rings. The molecule has 1 aromatic heterocycles. The molecule has 0 saturated carbocycles. The Bertz CT molecular complexity index is 396. The molecule has 2 rings (SSSR count). The van der Waals surface area contributed by atoms with Crippen LogP contribution in [0.5, 0.6) is 0 Å². The first-order valence-corrected chi connectivity index (χ1v) is 6.22. The molecule has 0 radical (unpaired) electrons. The lowest BCUT2D eigenvalue weighted by molar-refractivity contribution is -0.133. The minimum absolute atomic E-state index is 0.0690. The van der Waals surface area contributed by atoms with E-state index in [1.807, 2.05) is 12.1 Å². The molecular weight excluding hydrogens is 230 g/mol. The van der Waals surface area contributed by atoms with Crippen molar-refractivity contribution in [3.8, 4) is 0 Å². The molecule has 2 N–H and O–H groups in total. The number of rotatable bonds is 4. The van der Waals surface area contributed by atoms with Crippen molar-refractivity contribution < 1.29 is 9.90 Å². The Morgan fingerprint density at radius 2 is 2.22 bits per heavy atom. The van der Waals surface area contributed by atoms with E-state index in [9.17, 15) is 9.90 Å². The van der Waals surface area contributed by atoms with E-state index in [0.717, 1.165) is 5.56 Å². The second-order valence-electron chi connectivity index (χ2n) is 4.65. The number of pyridine rings is 1. The van der Waals surface area contributed by atoms with Gasteiger partial charge in [0.05, 0.1) is 12.1 Å². The van der Waals surface area contributed by atoms with Crippen LogP contribution in [-0.2, 0) is 11.2 Å². The number of β-amino-alcohol motifs (C(OH)–C–C–N with tert-alkyl or cyclic N) is 1. The van der Waals surface area contributed by atoms with Gasteiger partial charge in [0, 0.05) is 39.0 Å². The molecule has 1 saturated heterocycles. The Morgan fingerprint density at radius 1 is 1.50 bits per heavy atom. The van der Waals surface area contributed by atoms with Gasteiger partial charge in [-0.3, -0.25) is 9.78 Å². The van der Waals surface area contributed by atoms with E-state index in [1.165, 1.54) is 0 Å². The third-order valence-electron chi connectivity index (χ3n) is 3.42. The summed E-state index contributed by atoms with van der Waals surface area (Å²) in [7, 11) is 1.76. The maximum absolute atomic E-state index is 12.0. The standard InChI is InChI=1S/C13H19N3O2/c1-16(11-8-15-9-12(11)17)13(18)3-2-10-4-6-14-7-5-10/h4-7,11-12,15,17H,2-3,8-9H2,1H3/t11-,12-/m0/s1. The van der Waals surface area contributed by atoms with Crippen LogP contribution in [0.2, 0.25) is 0 Å². The summed E-state index contributed by atoms with van der Waals surface area (Å²) in [5.41, 5.74) is 1.11. The van der Waals surface area contributed by atoms with Gasteiger partial charge in [-0.25, -0.2) is 0 Å². The Kier molecular flexibility index (Phi) is 4.28. The van der Waals surface area contributed by atoms with Gasteiger partial charge in [0.1, 0.15) is 0 Å². The summed E-state index contributed by atoms with van der Waals surface area (Å²) in [6.45, 7) is 1.23. The predicted octanol–water partition coefficient (Wildman–Crippen LogP) is -0.195. The molecule has 1 aromatic rings. The van der Waals surface area contributed by atoms with Crippen molar-refractivity contribution in [1.29, 1.82) is 0 Å². The first-order valence-electron chi connectivity index (χ1n) is 6.22. The van der Waals surface area contributed by atoms with Gasteiger partial charge < -0.3 is 15.3 Å². The van der Waals surface area contributed by atoms with Crippen molar-refractivity contribution in [1.82, 2.24) is 15.2 Å². The number of aliphatic hydroxyl groups excluding tert-OH is 1. The number of nitrogens with one attached hydrogen (secondary N) is 1. The second kappa shape index (κ2) is 5.93. The van der Waals surface area contributed by atoms with Crippen LogP contribution in [0.25, 0.3) is 0 Å². The molecule has 0 aliphatic carbocycles. The number of aliphatic hydroxyl groups is 1. The Hall–Kier alpha value is -1.46. The van der Waals surface area contributed by atoms with Crippen molar-refractivity contribution in [2.75, 3.05) is 20.1 Å². The lowest BCUT2D eigenvalue weighted by Crippen LogP contribution is -2.44. The average molecular weight is 249 g/mol. The van der Waals surface area contributed by atoms with Crippen LogP contribution in [0.4, 0.5) is 0 Å². The Labute approximate surface area is 107 Å². The van der Waals surface area contributed by atoms with Crippen LogP contribution in [0.3, 0.4) is 0 Å². The highest BCUT2D eigenvalue weighted by molar-refractivity contribution is 5.76. The molecular formula is C13H19N3O2. The van der Waals surface area contributed by atoms with Gasteiger partial charge >= 0.3 is 0 Å². The van der Waals surface area contributed by atoms with Crippen LogP contribution >= 0.6 is 0 Å². The number of hydrogen-bond donors (Lipinski definition) is 2. The van der Waals surface area contributed by atoms with Crippen LogP contribution in [0.15, 0.2) is 24.5 Å². The summed E-state index contributed by atoms with van der Waals surface area (Å²) in [6, 6.07) is 3.73. The van der Waals surface area contributed by atoms with E-state index in [0.29, 0.717) is 25.9 Å². The van der Waals surface area contributed by atoms with Crippen molar-refractivity contribution in [3.05, 3.63) is 30.1 Å². The number of aromatic nitrogens is 1. The van der Waals surface area contributed by atoms with Crippen molar-refractivity contribution >= 4 is 5.91 Å². The maximum atomic E-state index is 12.0. The molecule has 0 unspecified atom stereocenters. The van der Waals surface area contributed by atoms with Crippen LogP contribution in [0, 0.1) is 0 Å². The highest BCUT2D eigenvalue weighted by Gasteiger charge is 2.30. The fourth-order valence-corrected chi connectivity index (χ4v) is 2.21. The van der Waals surface area contributed by atoms with Crippen molar-refractivity contribution in [2.24, 2.45) is 0 Å². The molecule has 2 atom stereocenters. The summed E-state index contributed by atoms with van der Waals surface area (Å²) in [5.74, 6) is 0.0690. The predicted molar refractivity (Wildman–Crippen MR) is 68.0 cm³/mol. The molecule has 1 amide bonds. The van der Waals surface area contributed by atoms with Crippen LogP contribution < -0.4 is 5.32 Å². The van der Waals surface area contributed by atoms with Crippen LogP contribution in [0.1, 0.15) is 12.0 Å². The lowest BCUT2D eigenvalue weighted by Gasteiger charge is -2.26. The number of carbonyl (C=O) groups is 1. The van der Waals surface area contributed by atoms with Gasteiger partial charge in [0.15, 0.2) is 0 Å². The molecule has 1 aliphatic heterocycles. The Morgan fingerprint density at radius 3 is 2.83 bits per heavy atom. The zero-order chi connectivity index (χ0) is 13.0. The fraction of sp³-hybridized carbons (Fsp3) is 0.538. The summed E-state index contributed by atoms with van der Waals surface area (Å²) >= 11 is 0. The fourth-order valence-electron chi connectivity index (χ4n) is 2.21. The molecule has 18 heavy (non-hydrogen) atoms. The lowest BCUT2D eigenvalue weighted by atomic mass is 10.1. The van der Waals surface area contributed by atoms with Crippen LogP contribution in [-0.4, -0.2) is 53.2 Å². The quantitative estimate of drug-likeness (QED) is 0.776. The van der Waals surface area contributed by atoms with Crippen molar-refractivity contribution in [2.45, 2.75) is 25.0 Å². The van der Waals surface area contributed by atoms with E-state index in [2.05, 4.69) is 10.3 Å². The molecule has 1 fully saturated rings. The monoisotopic (exact) mass is 249 g/mol. The molecule has 0 bridgehead atoms. The van der Waals surface area contributed by atoms with Crippen molar-refractivity contribution in [3.63, 3.8) is 0 Å². The van der Waals surface area contributed by atoms with E-state index >= 15 is 0 Å². The minimum atomic E-state index is -0.458. The first-order chi connectivity index (χ1) is 8.68. The largest absolute Gasteiger partial charge is 0.390 e. The third kappa shape index (κ3) is 3.05. The zero-order valence-electron chi connectivity index (χ0n) is 10.5. The first kappa shape index (κ1) is 13.0. The summed E-state index contributed by atoms with van der Waals surface area (Å²) in [5, 5.41) is 12.8. The van der Waals surface area contributed by atoms with Gasteiger partial charge in [-0.05, 0) is 24.1 Å². The highest BCUT2D eigenvalue weighted by atomic mass is 16.3. The van der Waals surface area contributed by atoms with Gasteiger partial charge in [-0.2, -0.15) is 0 Å². The minimum Gasteiger partial charge on any atom is -0.390 e. The second-order valence-corrected chi connectivity index (χ2v) is 4.65. The molecule has 2 heterocycles. The zero-order valence-corrected chi connectivity index (χ0v) is 10.5. The summed E-state index contributed by atoms with van der Waals surface area (Å²) in [6.07, 6.45) is 4.17. The number of hydrogen-bond acceptors (Lipinski definition) is 4. The molecule has 5 heteroatoms. The maximum Gasteiger partial charge on any atom is 0.223 e. The SMILES string of the molecule is CN(C(=O)CCc1ccncc1)[C@H]1CNC[C@@H]1O. The average Bonchev–Trinajstić information content (AvgIpc) is 2.82. The number of aryl methyl sites for hydroxylation is 1. The number of carbonyl (C=O) groups excluding carboxylic acids is 1. The normalized spacial score (nSPS) is 23.0. The molecule has 0 aromatic carbocycles. The van der Waals surface area contributed by atoms with Gasteiger partial charge in [0.25, 0.3) is 0 Å². The smallest absolute Gasteiger partial charge is 0.223 e.